The summed E-state index contributed by atoms with van der Waals surface area (Å²) in [5.74, 6) is 5.67. The van der Waals surface area contributed by atoms with Crippen molar-refractivity contribution in [2.75, 3.05) is 19.6 Å². The molecule has 1 aliphatic rings. The molecule has 0 unspecified atom stereocenters. The molecule has 0 saturated carbocycles. The Hall–Kier alpha value is -1.21. The fraction of sp³-hybridized carbons (Fsp3) is 0.625. The molecule has 0 aromatic heterocycles. The molecule has 0 aromatic carbocycles. The summed E-state index contributed by atoms with van der Waals surface area (Å²) >= 11 is 0. The lowest BCUT2D eigenvalue weighted by Crippen LogP contribution is -2.51. The number of piperazine rings is 1. The van der Waals surface area contributed by atoms with Crippen LogP contribution < -0.4 is 5.32 Å². The van der Waals surface area contributed by atoms with Gasteiger partial charge in [-0.05, 0) is 6.92 Å². The minimum absolute atomic E-state index is 0.000139. The van der Waals surface area contributed by atoms with Gasteiger partial charge in [0, 0.05) is 13.1 Å². The van der Waals surface area contributed by atoms with Crippen LogP contribution in [0.15, 0.2) is 0 Å². The summed E-state index contributed by atoms with van der Waals surface area (Å²) in [7, 11) is 0. The third kappa shape index (κ3) is 2.14. The minimum Gasteiger partial charge on any atom is -0.465 e. The van der Waals surface area contributed by atoms with E-state index in [2.05, 4.69) is 17.2 Å². The summed E-state index contributed by atoms with van der Waals surface area (Å²) in [5.41, 5.74) is 0. The first-order valence-electron chi connectivity index (χ1n) is 3.87. The molecule has 0 radical (unpaired) electrons. The van der Waals surface area contributed by atoms with Gasteiger partial charge in [0.1, 0.15) is 0 Å². The van der Waals surface area contributed by atoms with Gasteiger partial charge in [0.25, 0.3) is 0 Å². The molecule has 0 aromatic rings. The Balaban J connectivity index is 2.49. The van der Waals surface area contributed by atoms with Gasteiger partial charge in [-0.2, -0.15) is 0 Å². The van der Waals surface area contributed by atoms with Crippen LogP contribution in [0, 0.1) is 11.8 Å². The summed E-state index contributed by atoms with van der Waals surface area (Å²) in [5, 5.41) is 11.8. The first-order chi connectivity index (χ1) is 5.74. The Morgan fingerprint density at radius 1 is 1.75 bits per heavy atom. The lowest BCUT2D eigenvalue weighted by molar-refractivity contribution is 0.134. The molecule has 1 aliphatic heterocycles. The fourth-order valence-corrected chi connectivity index (χ4v) is 1.19. The van der Waals surface area contributed by atoms with Crippen molar-refractivity contribution in [2.45, 2.75) is 13.0 Å². The maximum atomic E-state index is 10.6. The second-order valence-electron chi connectivity index (χ2n) is 2.63. The molecule has 1 fully saturated rings. The van der Waals surface area contributed by atoms with Crippen molar-refractivity contribution in [3.63, 3.8) is 0 Å². The number of carbonyl (C=O) groups is 1. The van der Waals surface area contributed by atoms with E-state index in [1.807, 2.05) is 0 Å². The van der Waals surface area contributed by atoms with E-state index in [9.17, 15) is 4.79 Å². The highest BCUT2D eigenvalue weighted by Crippen LogP contribution is 1.98. The van der Waals surface area contributed by atoms with E-state index in [4.69, 9.17) is 5.11 Å². The topological polar surface area (TPSA) is 52.6 Å². The van der Waals surface area contributed by atoms with E-state index in [1.165, 1.54) is 4.90 Å². The van der Waals surface area contributed by atoms with E-state index in [0.29, 0.717) is 19.6 Å². The van der Waals surface area contributed by atoms with Crippen LogP contribution in [0.5, 0.6) is 0 Å². The van der Waals surface area contributed by atoms with E-state index in [-0.39, 0.29) is 6.04 Å². The van der Waals surface area contributed by atoms with E-state index < -0.39 is 6.09 Å². The van der Waals surface area contributed by atoms with E-state index >= 15 is 0 Å². The highest BCUT2D eigenvalue weighted by atomic mass is 16.4. The van der Waals surface area contributed by atoms with Crippen LogP contribution >= 0.6 is 0 Å². The standard InChI is InChI=1S/C8H12N2O2/c1-2-3-7-6-10(8(11)12)5-4-9-7/h7,9H,4-6H2,1H3,(H,11,12)/t7-/m0/s1. The van der Waals surface area contributed by atoms with Crippen molar-refractivity contribution in [1.82, 2.24) is 10.2 Å². The van der Waals surface area contributed by atoms with Crippen molar-refractivity contribution in [2.24, 2.45) is 0 Å². The molecule has 0 aliphatic carbocycles. The van der Waals surface area contributed by atoms with Crippen molar-refractivity contribution in [3.05, 3.63) is 0 Å². The Kier molecular flexibility index (Phi) is 2.94. The average molecular weight is 168 g/mol. The second kappa shape index (κ2) is 3.98. The molecule has 12 heavy (non-hydrogen) atoms. The zero-order chi connectivity index (χ0) is 8.97. The quantitative estimate of drug-likeness (QED) is 0.499. The van der Waals surface area contributed by atoms with E-state index in [1.54, 1.807) is 6.92 Å². The van der Waals surface area contributed by atoms with Crippen molar-refractivity contribution < 1.29 is 9.90 Å². The molecule has 1 rings (SSSR count). The minimum atomic E-state index is -0.862. The Morgan fingerprint density at radius 2 is 2.50 bits per heavy atom. The van der Waals surface area contributed by atoms with Crippen LogP contribution in [-0.2, 0) is 0 Å². The zero-order valence-electron chi connectivity index (χ0n) is 7.00. The molecule has 4 nitrogen and oxygen atoms in total. The SMILES string of the molecule is CC#C[C@H]1CN(C(=O)O)CCN1. The van der Waals surface area contributed by atoms with Crippen molar-refractivity contribution in [1.29, 1.82) is 0 Å². The molecule has 66 valence electrons. The molecule has 0 bridgehead atoms. The summed E-state index contributed by atoms with van der Waals surface area (Å²) in [4.78, 5) is 11.9. The largest absolute Gasteiger partial charge is 0.465 e. The number of rotatable bonds is 0. The second-order valence-corrected chi connectivity index (χ2v) is 2.63. The monoisotopic (exact) mass is 168 g/mol. The van der Waals surface area contributed by atoms with Gasteiger partial charge in [0.15, 0.2) is 0 Å². The first kappa shape index (κ1) is 8.88. The Bertz CT molecular complexity index is 229. The molecule has 2 N–H and O–H groups in total. The molecule has 1 heterocycles. The molecular formula is C8H12N2O2. The summed E-state index contributed by atoms with van der Waals surface area (Å²) in [6.07, 6.45) is -0.862. The highest BCUT2D eigenvalue weighted by molar-refractivity contribution is 5.65. The predicted molar refractivity (Wildman–Crippen MR) is 44.8 cm³/mol. The molecule has 0 spiro atoms. The average Bonchev–Trinajstić information content (AvgIpc) is 2.05. The molecule has 1 saturated heterocycles. The summed E-state index contributed by atoms with van der Waals surface area (Å²) in [6.45, 7) is 3.46. The number of hydrogen-bond acceptors (Lipinski definition) is 2. The van der Waals surface area contributed by atoms with Gasteiger partial charge >= 0.3 is 6.09 Å². The first-order valence-corrected chi connectivity index (χ1v) is 3.87. The maximum Gasteiger partial charge on any atom is 0.407 e. The van der Waals surface area contributed by atoms with Crippen LogP contribution in [0.3, 0.4) is 0 Å². The van der Waals surface area contributed by atoms with Gasteiger partial charge in [-0.25, -0.2) is 4.79 Å². The van der Waals surface area contributed by atoms with Gasteiger partial charge in [-0.1, -0.05) is 5.92 Å². The summed E-state index contributed by atoms with van der Waals surface area (Å²) < 4.78 is 0. The highest BCUT2D eigenvalue weighted by Gasteiger charge is 2.20. The number of nitrogens with one attached hydrogen (secondary N) is 1. The molecule has 1 atom stereocenters. The Morgan fingerprint density at radius 3 is 3.08 bits per heavy atom. The summed E-state index contributed by atoms with van der Waals surface area (Å²) in [6, 6.07) is -0.000139. The van der Waals surface area contributed by atoms with Gasteiger partial charge in [0.05, 0.1) is 12.6 Å². The van der Waals surface area contributed by atoms with Crippen LogP contribution in [0.25, 0.3) is 0 Å². The smallest absolute Gasteiger partial charge is 0.407 e. The number of carboxylic acid groups (broad SMARTS) is 1. The normalized spacial score (nSPS) is 22.8. The van der Waals surface area contributed by atoms with Crippen LogP contribution in [0.1, 0.15) is 6.92 Å². The van der Waals surface area contributed by atoms with Crippen molar-refractivity contribution >= 4 is 6.09 Å². The van der Waals surface area contributed by atoms with Gasteiger partial charge in [-0.3, -0.25) is 0 Å². The number of nitrogens with zero attached hydrogens (tertiary/aromatic N) is 1. The Labute approximate surface area is 71.6 Å². The third-order valence-electron chi connectivity index (χ3n) is 1.76. The molecular weight excluding hydrogens is 156 g/mol. The molecule has 1 amide bonds. The van der Waals surface area contributed by atoms with Crippen LogP contribution in [0.2, 0.25) is 0 Å². The van der Waals surface area contributed by atoms with Crippen molar-refractivity contribution in [3.8, 4) is 11.8 Å². The van der Waals surface area contributed by atoms with E-state index in [0.717, 1.165) is 0 Å². The zero-order valence-corrected chi connectivity index (χ0v) is 7.00. The third-order valence-corrected chi connectivity index (χ3v) is 1.76. The number of hydrogen-bond donors (Lipinski definition) is 2. The maximum absolute atomic E-state index is 10.6. The van der Waals surface area contributed by atoms with Crippen LogP contribution in [-0.4, -0.2) is 41.8 Å². The lowest BCUT2D eigenvalue weighted by atomic mass is 10.2. The fourth-order valence-electron chi connectivity index (χ4n) is 1.19. The lowest BCUT2D eigenvalue weighted by Gasteiger charge is -2.28. The predicted octanol–water partition coefficient (Wildman–Crippen LogP) is -0.0385. The van der Waals surface area contributed by atoms with Gasteiger partial charge < -0.3 is 15.3 Å². The number of amides is 1. The molecule has 4 heteroatoms. The van der Waals surface area contributed by atoms with Gasteiger partial charge in [0.2, 0.25) is 0 Å². The van der Waals surface area contributed by atoms with Crippen LogP contribution in [0.4, 0.5) is 4.79 Å². The van der Waals surface area contributed by atoms with Gasteiger partial charge in [-0.15, -0.1) is 5.92 Å².